The summed E-state index contributed by atoms with van der Waals surface area (Å²) >= 11 is 0. The standard InChI is InChI=1S/C15H17F3N2O2/c1-8(2)9-5-10-11-7-19-3-4-20(11)14(21)13(10)12(6-9)22-15(16,17)18/h5-6,8,11,19H,3-4,7H2,1-2H3/t11-/m1/s1. The summed E-state index contributed by atoms with van der Waals surface area (Å²) in [6.07, 6.45) is -4.81. The summed E-state index contributed by atoms with van der Waals surface area (Å²) in [5.41, 5.74) is 1.41. The van der Waals surface area contributed by atoms with Gasteiger partial charge in [0.25, 0.3) is 5.91 Å². The highest BCUT2D eigenvalue weighted by molar-refractivity contribution is 6.02. The van der Waals surface area contributed by atoms with E-state index in [-0.39, 0.29) is 29.2 Å². The van der Waals surface area contributed by atoms with Crippen molar-refractivity contribution < 1.29 is 22.7 Å². The second-order valence-electron chi connectivity index (χ2n) is 5.90. The highest BCUT2D eigenvalue weighted by Gasteiger charge is 2.43. The molecule has 1 atom stereocenters. The van der Waals surface area contributed by atoms with E-state index in [1.165, 1.54) is 6.07 Å². The van der Waals surface area contributed by atoms with Crippen LogP contribution >= 0.6 is 0 Å². The number of nitrogens with zero attached hydrogens (tertiary/aromatic N) is 1. The van der Waals surface area contributed by atoms with Crippen LogP contribution < -0.4 is 10.1 Å². The number of carbonyl (C=O) groups is 1. The molecule has 7 heteroatoms. The summed E-state index contributed by atoms with van der Waals surface area (Å²) in [6, 6.07) is 2.95. The SMILES string of the molecule is CC(C)c1cc(OC(F)(F)F)c2c(c1)[C@H]1CNCCN1C2=O. The minimum atomic E-state index is -4.81. The van der Waals surface area contributed by atoms with Crippen molar-refractivity contribution >= 4 is 5.91 Å². The highest BCUT2D eigenvalue weighted by Crippen LogP contribution is 2.42. The Hall–Kier alpha value is -1.76. The monoisotopic (exact) mass is 314 g/mol. The van der Waals surface area contributed by atoms with E-state index >= 15 is 0 Å². The summed E-state index contributed by atoms with van der Waals surface area (Å²) in [7, 11) is 0. The average molecular weight is 314 g/mol. The molecule has 0 spiro atoms. The third kappa shape index (κ3) is 2.54. The predicted octanol–water partition coefficient (Wildman–Crippen LogP) is 2.81. The van der Waals surface area contributed by atoms with Gasteiger partial charge in [0.1, 0.15) is 5.75 Å². The number of hydrogen-bond acceptors (Lipinski definition) is 3. The maximum atomic E-state index is 12.7. The van der Waals surface area contributed by atoms with Gasteiger partial charge >= 0.3 is 6.36 Å². The average Bonchev–Trinajstić information content (AvgIpc) is 2.71. The van der Waals surface area contributed by atoms with Crippen LogP contribution in [0.5, 0.6) is 5.75 Å². The summed E-state index contributed by atoms with van der Waals surface area (Å²) < 4.78 is 42.2. The smallest absolute Gasteiger partial charge is 0.405 e. The molecular weight excluding hydrogens is 297 g/mol. The van der Waals surface area contributed by atoms with Crippen molar-refractivity contribution in [1.82, 2.24) is 10.2 Å². The molecule has 0 saturated carbocycles. The van der Waals surface area contributed by atoms with E-state index < -0.39 is 6.36 Å². The summed E-state index contributed by atoms with van der Waals surface area (Å²) in [6.45, 7) is 5.47. The van der Waals surface area contributed by atoms with Crippen molar-refractivity contribution in [3.05, 3.63) is 28.8 Å². The van der Waals surface area contributed by atoms with Crippen LogP contribution in [0, 0.1) is 0 Å². The zero-order chi connectivity index (χ0) is 16.1. The molecule has 2 aliphatic rings. The minimum Gasteiger partial charge on any atom is -0.405 e. The molecule has 2 aliphatic heterocycles. The Morgan fingerprint density at radius 2 is 2.09 bits per heavy atom. The van der Waals surface area contributed by atoms with Crippen molar-refractivity contribution in [3.63, 3.8) is 0 Å². The number of carbonyl (C=O) groups excluding carboxylic acids is 1. The number of fused-ring (bicyclic) bond motifs is 3. The van der Waals surface area contributed by atoms with E-state index in [2.05, 4.69) is 10.1 Å². The Bertz CT molecular complexity index is 614. The van der Waals surface area contributed by atoms with E-state index in [9.17, 15) is 18.0 Å². The van der Waals surface area contributed by atoms with Gasteiger partial charge in [-0.1, -0.05) is 19.9 Å². The van der Waals surface area contributed by atoms with Gasteiger partial charge in [-0.3, -0.25) is 4.79 Å². The fourth-order valence-electron chi connectivity index (χ4n) is 3.06. The highest BCUT2D eigenvalue weighted by atomic mass is 19.4. The maximum absolute atomic E-state index is 12.7. The largest absolute Gasteiger partial charge is 0.573 e. The van der Waals surface area contributed by atoms with Gasteiger partial charge in [-0.15, -0.1) is 13.2 Å². The molecule has 1 saturated heterocycles. The maximum Gasteiger partial charge on any atom is 0.573 e. The van der Waals surface area contributed by atoms with Gasteiger partial charge in [-0.2, -0.15) is 0 Å². The number of hydrogen-bond donors (Lipinski definition) is 1. The Balaban J connectivity index is 2.13. The Morgan fingerprint density at radius 3 is 2.73 bits per heavy atom. The van der Waals surface area contributed by atoms with Crippen LogP contribution in [0.4, 0.5) is 13.2 Å². The quantitative estimate of drug-likeness (QED) is 0.913. The lowest BCUT2D eigenvalue weighted by molar-refractivity contribution is -0.274. The number of ether oxygens (including phenoxy) is 1. The van der Waals surface area contributed by atoms with Crippen molar-refractivity contribution in [1.29, 1.82) is 0 Å². The lowest BCUT2D eigenvalue weighted by Crippen LogP contribution is -2.44. The first-order chi connectivity index (χ1) is 10.3. The van der Waals surface area contributed by atoms with Gasteiger partial charge in [0.2, 0.25) is 0 Å². The van der Waals surface area contributed by atoms with Crippen molar-refractivity contribution in [2.45, 2.75) is 32.2 Å². The Morgan fingerprint density at radius 1 is 1.36 bits per heavy atom. The molecule has 0 aliphatic carbocycles. The van der Waals surface area contributed by atoms with Gasteiger partial charge in [0.05, 0.1) is 11.6 Å². The molecule has 1 amide bonds. The molecule has 1 fully saturated rings. The van der Waals surface area contributed by atoms with Crippen molar-refractivity contribution in [2.24, 2.45) is 0 Å². The number of amides is 1. The molecule has 0 aromatic heterocycles. The molecule has 0 bridgehead atoms. The molecule has 3 rings (SSSR count). The van der Waals surface area contributed by atoms with E-state index in [0.717, 1.165) is 5.56 Å². The fraction of sp³-hybridized carbons (Fsp3) is 0.533. The van der Waals surface area contributed by atoms with E-state index in [0.29, 0.717) is 25.2 Å². The molecule has 0 radical (unpaired) electrons. The molecular formula is C15H17F3N2O2. The number of benzene rings is 1. The first-order valence-corrected chi connectivity index (χ1v) is 7.23. The summed E-state index contributed by atoms with van der Waals surface area (Å²) in [4.78, 5) is 14.1. The Kier molecular flexibility index (Phi) is 3.55. The van der Waals surface area contributed by atoms with Crippen molar-refractivity contribution in [3.8, 4) is 5.75 Å². The number of piperazine rings is 1. The van der Waals surface area contributed by atoms with E-state index in [4.69, 9.17) is 0 Å². The third-order valence-corrected chi connectivity index (χ3v) is 4.12. The summed E-state index contributed by atoms with van der Waals surface area (Å²) in [5, 5.41) is 3.18. The van der Waals surface area contributed by atoms with Gasteiger partial charge < -0.3 is 15.0 Å². The Labute approximate surface area is 126 Å². The molecule has 22 heavy (non-hydrogen) atoms. The van der Waals surface area contributed by atoms with Gasteiger partial charge in [0.15, 0.2) is 0 Å². The van der Waals surface area contributed by atoms with Crippen LogP contribution in [0.2, 0.25) is 0 Å². The molecule has 4 nitrogen and oxygen atoms in total. The first kappa shape index (κ1) is 15.1. The van der Waals surface area contributed by atoms with Crippen LogP contribution in [0.3, 0.4) is 0 Å². The molecule has 1 aromatic rings. The van der Waals surface area contributed by atoms with E-state index in [1.807, 2.05) is 19.9 Å². The lowest BCUT2D eigenvalue weighted by atomic mass is 9.94. The van der Waals surface area contributed by atoms with Crippen molar-refractivity contribution in [2.75, 3.05) is 19.6 Å². The second kappa shape index (κ2) is 5.15. The molecule has 0 unspecified atom stereocenters. The zero-order valence-electron chi connectivity index (χ0n) is 12.3. The number of rotatable bonds is 2. The van der Waals surface area contributed by atoms with Crippen LogP contribution in [-0.2, 0) is 0 Å². The number of alkyl halides is 3. The van der Waals surface area contributed by atoms with Crippen LogP contribution in [0.15, 0.2) is 12.1 Å². The van der Waals surface area contributed by atoms with Crippen LogP contribution in [-0.4, -0.2) is 36.8 Å². The first-order valence-electron chi connectivity index (χ1n) is 7.23. The van der Waals surface area contributed by atoms with E-state index in [1.54, 1.807) is 4.90 Å². The topological polar surface area (TPSA) is 41.6 Å². The van der Waals surface area contributed by atoms with Gasteiger partial charge in [-0.05, 0) is 23.1 Å². The molecule has 1 N–H and O–H groups in total. The number of nitrogens with one attached hydrogen (secondary N) is 1. The zero-order valence-corrected chi connectivity index (χ0v) is 12.3. The number of halogens is 3. The molecule has 2 heterocycles. The second-order valence-corrected chi connectivity index (χ2v) is 5.90. The van der Waals surface area contributed by atoms with Crippen LogP contribution in [0.1, 0.15) is 47.3 Å². The fourth-order valence-corrected chi connectivity index (χ4v) is 3.06. The molecule has 120 valence electrons. The predicted molar refractivity (Wildman–Crippen MR) is 73.9 cm³/mol. The third-order valence-electron chi connectivity index (χ3n) is 4.12. The van der Waals surface area contributed by atoms with Gasteiger partial charge in [-0.25, -0.2) is 0 Å². The van der Waals surface area contributed by atoms with Crippen LogP contribution in [0.25, 0.3) is 0 Å². The normalized spacial score (nSPS) is 21.1. The molecule has 1 aromatic carbocycles. The van der Waals surface area contributed by atoms with Gasteiger partial charge in [0, 0.05) is 19.6 Å². The summed E-state index contributed by atoms with van der Waals surface area (Å²) in [5.74, 6) is -0.717. The minimum absolute atomic E-state index is 0.0431. The lowest BCUT2D eigenvalue weighted by Gasteiger charge is -2.30.